The van der Waals surface area contributed by atoms with E-state index in [0.717, 1.165) is 51.9 Å². The lowest BCUT2D eigenvalue weighted by Gasteiger charge is -2.42. The molecule has 1 aliphatic heterocycles. The van der Waals surface area contributed by atoms with Crippen molar-refractivity contribution in [2.75, 3.05) is 26.9 Å². The molecule has 1 unspecified atom stereocenters. The third-order valence-electron chi connectivity index (χ3n) is 3.68. The Hall–Kier alpha value is -0.380. The van der Waals surface area contributed by atoms with Crippen LogP contribution in [0.2, 0.25) is 0 Å². The number of ether oxygens (including phenoxy) is 2. The van der Waals surface area contributed by atoms with E-state index >= 15 is 0 Å². The second kappa shape index (κ2) is 7.85. The van der Waals surface area contributed by atoms with Gasteiger partial charge in [0.15, 0.2) is 0 Å². The van der Waals surface area contributed by atoms with Crippen molar-refractivity contribution in [3.8, 4) is 0 Å². The van der Waals surface area contributed by atoms with Crippen LogP contribution in [0, 0.1) is 0 Å². The summed E-state index contributed by atoms with van der Waals surface area (Å²) in [7, 11) is 1.83. The fourth-order valence-electron chi connectivity index (χ4n) is 2.57. The maximum absolute atomic E-state index is 5.86. The van der Waals surface area contributed by atoms with E-state index in [1.807, 2.05) is 13.2 Å². The molecule has 1 fully saturated rings. The quantitative estimate of drug-likeness (QED) is 0.662. The van der Waals surface area contributed by atoms with Gasteiger partial charge in [0, 0.05) is 39.2 Å². The second-order valence-electron chi connectivity index (χ2n) is 4.75. The summed E-state index contributed by atoms with van der Waals surface area (Å²) in [6, 6.07) is 0.411. The number of nitrogens with one attached hydrogen (secondary N) is 1. The molecule has 1 aliphatic rings. The number of allylic oxidation sites excluding steroid dienone is 1. The Morgan fingerprint density at radius 2 is 2.18 bits per heavy atom. The third-order valence-corrected chi connectivity index (χ3v) is 3.68. The van der Waals surface area contributed by atoms with E-state index in [-0.39, 0.29) is 5.60 Å². The maximum Gasteiger partial charge on any atom is 0.0874 e. The Morgan fingerprint density at radius 3 is 2.71 bits per heavy atom. The summed E-state index contributed by atoms with van der Waals surface area (Å²) >= 11 is 0. The highest BCUT2D eigenvalue weighted by Crippen LogP contribution is 2.30. The Morgan fingerprint density at radius 1 is 1.47 bits per heavy atom. The van der Waals surface area contributed by atoms with Crippen LogP contribution >= 0.6 is 0 Å². The van der Waals surface area contributed by atoms with Gasteiger partial charge in [0.2, 0.25) is 0 Å². The van der Waals surface area contributed by atoms with Gasteiger partial charge in [0.1, 0.15) is 0 Å². The second-order valence-corrected chi connectivity index (χ2v) is 4.75. The molecular formula is C14H27NO2. The van der Waals surface area contributed by atoms with Crippen molar-refractivity contribution in [2.24, 2.45) is 0 Å². The van der Waals surface area contributed by atoms with E-state index in [1.54, 1.807) is 0 Å². The van der Waals surface area contributed by atoms with Crippen LogP contribution in [-0.2, 0) is 9.47 Å². The Labute approximate surface area is 106 Å². The molecule has 0 saturated carbocycles. The van der Waals surface area contributed by atoms with E-state index in [0.29, 0.717) is 6.04 Å². The Bertz CT molecular complexity index is 212. The molecule has 1 saturated heterocycles. The minimum absolute atomic E-state index is 0.0452. The first-order chi connectivity index (χ1) is 8.29. The van der Waals surface area contributed by atoms with Crippen molar-refractivity contribution in [3.05, 3.63) is 12.7 Å². The lowest BCUT2D eigenvalue weighted by Crippen LogP contribution is -2.55. The summed E-state index contributed by atoms with van der Waals surface area (Å²) in [5, 5.41) is 3.64. The zero-order valence-corrected chi connectivity index (χ0v) is 11.3. The summed E-state index contributed by atoms with van der Waals surface area (Å²) in [5.74, 6) is 0. The van der Waals surface area contributed by atoms with Gasteiger partial charge in [-0.05, 0) is 25.8 Å². The van der Waals surface area contributed by atoms with Gasteiger partial charge in [0.25, 0.3) is 0 Å². The number of hydrogen-bond donors (Lipinski definition) is 1. The first kappa shape index (κ1) is 14.7. The van der Waals surface area contributed by atoms with Crippen LogP contribution < -0.4 is 5.32 Å². The van der Waals surface area contributed by atoms with E-state index < -0.39 is 0 Å². The van der Waals surface area contributed by atoms with Crippen LogP contribution in [0.3, 0.4) is 0 Å². The SMILES string of the molecule is C=CCCC(NCCC)C1(OC)CCOCC1. The highest BCUT2D eigenvalue weighted by molar-refractivity contribution is 4.95. The zero-order chi connectivity index (χ0) is 12.6. The minimum atomic E-state index is -0.0452. The molecule has 1 atom stereocenters. The van der Waals surface area contributed by atoms with Gasteiger partial charge in [-0.15, -0.1) is 6.58 Å². The normalized spacial score (nSPS) is 21.1. The molecule has 0 aromatic rings. The molecule has 3 heteroatoms. The molecule has 0 spiro atoms. The average Bonchev–Trinajstić information content (AvgIpc) is 2.39. The van der Waals surface area contributed by atoms with Crippen molar-refractivity contribution >= 4 is 0 Å². The largest absolute Gasteiger partial charge is 0.381 e. The van der Waals surface area contributed by atoms with Gasteiger partial charge >= 0.3 is 0 Å². The van der Waals surface area contributed by atoms with Crippen molar-refractivity contribution in [1.29, 1.82) is 0 Å². The Balaban J connectivity index is 2.64. The molecule has 17 heavy (non-hydrogen) atoms. The lowest BCUT2D eigenvalue weighted by atomic mass is 9.83. The molecule has 100 valence electrons. The summed E-state index contributed by atoms with van der Waals surface area (Å²) in [4.78, 5) is 0. The third kappa shape index (κ3) is 4.09. The van der Waals surface area contributed by atoms with Gasteiger partial charge in [-0.3, -0.25) is 0 Å². The fraction of sp³-hybridized carbons (Fsp3) is 0.857. The molecule has 1 N–H and O–H groups in total. The van der Waals surface area contributed by atoms with Gasteiger partial charge < -0.3 is 14.8 Å². The lowest BCUT2D eigenvalue weighted by molar-refractivity contribution is -0.111. The standard InChI is InChI=1S/C14H27NO2/c1-4-6-7-13(15-10-5-2)14(16-3)8-11-17-12-9-14/h4,13,15H,1,5-12H2,2-3H3. The minimum Gasteiger partial charge on any atom is -0.381 e. The average molecular weight is 241 g/mol. The van der Waals surface area contributed by atoms with Crippen LogP contribution in [0.1, 0.15) is 39.0 Å². The first-order valence-corrected chi connectivity index (χ1v) is 6.76. The summed E-state index contributed by atoms with van der Waals surface area (Å²) in [6.45, 7) is 8.68. The van der Waals surface area contributed by atoms with Crippen LogP contribution in [0.5, 0.6) is 0 Å². The van der Waals surface area contributed by atoms with Gasteiger partial charge in [-0.1, -0.05) is 13.0 Å². The molecule has 1 rings (SSSR count). The maximum atomic E-state index is 5.86. The van der Waals surface area contributed by atoms with Crippen molar-refractivity contribution in [2.45, 2.75) is 50.7 Å². The molecule has 1 heterocycles. The number of methoxy groups -OCH3 is 1. The van der Waals surface area contributed by atoms with Crippen LogP contribution in [0.25, 0.3) is 0 Å². The van der Waals surface area contributed by atoms with Crippen molar-refractivity contribution < 1.29 is 9.47 Å². The molecule has 0 radical (unpaired) electrons. The number of rotatable bonds is 8. The van der Waals surface area contributed by atoms with Crippen LogP contribution in [-0.4, -0.2) is 38.5 Å². The fourth-order valence-corrected chi connectivity index (χ4v) is 2.57. The molecular weight excluding hydrogens is 214 g/mol. The van der Waals surface area contributed by atoms with Gasteiger partial charge in [-0.25, -0.2) is 0 Å². The first-order valence-electron chi connectivity index (χ1n) is 6.76. The van der Waals surface area contributed by atoms with Gasteiger partial charge in [-0.2, -0.15) is 0 Å². The zero-order valence-electron chi connectivity index (χ0n) is 11.3. The highest BCUT2D eigenvalue weighted by atomic mass is 16.5. The smallest absolute Gasteiger partial charge is 0.0874 e. The van der Waals surface area contributed by atoms with E-state index in [4.69, 9.17) is 9.47 Å². The number of hydrogen-bond acceptors (Lipinski definition) is 3. The van der Waals surface area contributed by atoms with E-state index in [2.05, 4.69) is 18.8 Å². The molecule has 0 aromatic carbocycles. The predicted molar refractivity (Wildman–Crippen MR) is 71.3 cm³/mol. The molecule has 0 aromatic heterocycles. The summed E-state index contributed by atoms with van der Waals surface area (Å²) < 4.78 is 11.3. The summed E-state index contributed by atoms with van der Waals surface area (Å²) in [6.07, 6.45) is 7.25. The monoisotopic (exact) mass is 241 g/mol. The molecule has 0 amide bonds. The van der Waals surface area contributed by atoms with E-state index in [9.17, 15) is 0 Å². The van der Waals surface area contributed by atoms with Crippen LogP contribution in [0.4, 0.5) is 0 Å². The molecule has 0 bridgehead atoms. The van der Waals surface area contributed by atoms with Crippen molar-refractivity contribution in [1.82, 2.24) is 5.32 Å². The summed E-state index contributed by atoms with van der Waals surface area (Å²) in [5.41, 5.74) is -0.0452. The van der Waals surface area contributed by atoms with Gasteiger partial charge in [0.05, 0.1) is 5.60 Å². The molecule has 0 aliphatic carbocycles. The predicted octanol–water partition coefficient (Wildman–Crippen LogP) is 2.52. The van der Waals surface area contributed by atoms with Crippen LogP contribution in [0.15, 0.2) is 12.7 Å². The Kier molecular flexibility index (Phi) is 6.78. The highest BCUT2D eigenvalue weighted by Gasteiger charge is 2.39. The van der Waals surface area contributed by atoms with Crippen molar-refractivity contribution in [3.63, 3.8) is 0 Å². The molecule has 3 nitrogen and oxygen atoms in total. The van der Waals surface area contributed by atoms with E-state index in [1.165, 1.54) is 0 Å². The topological polar surface area (TPSA) is 30.5 Å².